The van der Waals surface area contributed by atoms with Gasteiger partial charge in [-0.1, -0.05) is 31.2 Å². The molecule has 0 aliphatic carbocycles. The molecule has 0 radical (unpaired) electrons. The Morgan fingerprint density at radius 2 is 1.87 bits per heavy atom. The molecule has 0 bridgehead atoms. The molecule has 0 aliphatic rings. The number of rotatable bonds is 7. The van der Waals surface area contributed by atoms with E-state index in [4.69, 9.17) is 5.10 Å². The van der Waals surface area contributed by atoms with E-state index < -0.39 is 4.92 Å². The van der Waals surface area contributed by atoms with Gasteiger partial charge in [-0.3, -0.25) is 15.1 Å². The van der Waals surface area contributed by atoms with Crippen LogP contribution in [0.1, 0.15) is 25.8 Å². The fourth-order valence-corrected chi connectivity index (χ4v) is 3.59. The molecule has 1 heterocycles. The van der Waals surface area contributed by atoms with Crippen LogP contribution in [-0.4, -0.2) is 21.9 Å². The van der Waals surface area contributed by atoms with Crippen LogP contribution < -0.4 is 4.80 Å². The highest BCUT2D eigenvalue weighted by molar-refractivity contribution is 7.07. The molecule has 0 aliphatic heterocycles. The minimum absolute atomic E-state index is 0.0248. The van der Waals surface area contributed by atoms with Gasteiger partial charge in [-0.05, 0) is 43.2 Å². The Morgan fingerprint density at radius 3 is 2.43 bits per heavy atom. The van der Waals surface area contributed by atoms with Gasteiger partial charge in [0.05, 0.1) is 22.9 Å². The molecule has 6 nitrogen and oxygen atoms in total. The van der Waals surface area contributed by atoms with Crippen LogP contribution in [0.2, 0.25) is 0 Å². The summed E-state index contributed by atoms with van der Waals surface area (Å²) >= 11 is 1.43. The van der Waals surface area contributed by atoms with E-state index >= 15 is 0 Å². The summed E-state index contributed by atoms with van der Waals surface area (Å²) in [5, 5.41) is 17.7. The molecule has 0 N–H and O–H groups in total. The van der Waals surface area contributed by atoms with Gasteiger partial charge in [0, 0.05) is 23.1 Å². The van der Waals surface area contributed by atoms with Gasteiger partial charge in [0.15, 0.2) is 0 Å². The first-order valence-corrected chi connectivity index (χ1v) is 10.2. The van der Waals surface area contributed by atoms with E-state index in [1.54, 1.807) is 28.9 Å². The molecular weight excluding hydrogens is 403 g/mol. The molecule has 0 unspecified atom stereocenters. The van der Waals surface area contributed by atoms with Gasteiger partial charge in [0.1, 0.15) is 5.82 Å². The quantitative estimate of drug-likeness (QED) is 0.220. The summed E-state index contributed by atoms with van der Waals surface area (Å²) in [6.07, 6.45) is 0.633. The Morgan fingerprint density at radius 1 is 1.20 bits per heavy atom. The van der Waals surface area contributed by atoms with Gasteiger partial charge >= 0.3 is 0 Å². The molecule has 30 heavy (non-hydrogen) atoms. The molecule has 2 aromatic carbocycles. The standard InChI is InChI=1S/C22H21FN4O2S/c1-4-20(16-5-9-18(23)10-6-16)25-26-21(14-30-22(26)24-13-15(2)3)17-7-11-19(12-8-17)27(28)29/h5-12,14H,2,4,13H2,1,3H3. The molecule has 0 amide bonds. The monoisotopic (exact) mass is 424 g/mol. The van der Waals surface area contributed by atoms with Gasteiger partial charge < -0.3 is 0 Å². The zero-order valence-electron chi connectivity index (χ0n) is 16.7. The molecular formula is C22H21FN4O2S. The number of nitro groups is 1. The number of halogens is 1. The van der Waals surface area contributed by atoms with Crippen LogP contribution in [0.25, 0.3) is 11.3 Å². The van der Waals surface area contributed by atoms with Crippen molar-refractivity contribution in [2.45, 2.75) is 20.3 Å². The third-order valence-electron chi connectivity index (χ3n) is 4.28. The molecule has 0 fully saturated rings. The van der Waals surface area contributed by atoms with E-state index in [2.05, 4.69) is 11.6 Å². The number of hydrogen-bond donors (Lipinski definition) is 0. The fourth-order valence-electron chi connectivity index (χ4n) is 2.75. The lowest BCUT2D eigenvalue weighted by atomic mass is 10.1. The average Bonchev–Trinajstić information content (AvgIpc) is 3.13. The van der Waals surface area contributed by atoms with Crippen LogP contribution >= 0.6 is 11.3 Å². The van der Waals surface area contributed by atoms with Crippen LogP contribution in [0.15, 0.2) is 76.2 Å². The van der Waals surface area contributed by atoms with E-state index in [-0.39, 0.29) is 11.5 Å². The highest BCUT2D eigenvalue weighted by atomic mass is 32.1. The summed E-state index contributed by atoms with van der Waals surface area (Å²) in [4.78, 5) is 15.8. The predicted octanol–water partition coefficient (Wildman–Crippen LogP) is 5.40. The minimum Gasteiger partial charge on any atom is -0.258 e. The molecule has 3 rings (SSSR count). The zero-order valence-corrected chi connectivity index (χ0v) is 17.5. The van der Waals surface area contributed by atoms with Gasteiger partial charge in [0.25, 0.3) is 5.69 Å². The van der Waals surface area contributed by atoms with E-state index in [1.165, 1.54) is 35.6 Å². The SMILES string of the molecule is C=C(C)CN=c1scc(-c2ccc([N+](=O)[O-])cc2)n1N=C(CC)c1ccc(F)cc1. The van der Waals surface area contributed by atoms with Crippen molar-refractivity contribution >= 4 is 22.7 Å². The Kier molecular flexibility index (Phi) is 6.68. The zero-order chi connectivity index (χ0) is 21.7. The summed E-state index contributed by atoms with van der Waals surface area (Å²) in [7, 11) is 0. The van der Waals surface area contributed by atoms with E-state index in [0.717, 1.165) is 28.1 Å². The first-order valence-electron chi connectivity index (χ1n) is 9.33. The van der Waals surface area contributed by atoms with E-state index in [0.29, 0.717) is 17.8 Å². The normalized spacial score (nSPS) is 12.2. The maximum atomic E-state index is 13.3. The first kappa shape index (κ1) is 21.3. The highest BCUT2D eigenvalue weighted by Gasteiger charge is 2.12. The summed E-state index contributed by atoms with van der Waals surface area (Å²) < 4.78 is 15.1. The molecule has 8 heteroatoms. The van der Waals surface area contributed by atoms with Crippen LogP contribution in [0.5, 0.6) is 0 Å². The number of nitrogens with zero attached hydrogens (tertiary/aromatic N) is 4. The smallest absolute Gasteiger partial charge is 0.258 e. The molecule has 0 saturated heterocycles. The lowest BCUT2D eigenvalue weighted by Gasteiger charge is -2.08. The summed E-state index contributed by atoms with van der Waals surface area (Å²) in [5.74, 6) is -0.305. The maximum absolute atomic E-state index is 13.3. The second kappa shape index (κ2) is 9.41. The van der Waals surface area contributed by atoms with Crippen molar-refractivity contribution < 1.29 is 9.31 Å². The first-order chi connectivity index (χ1) is 14.4. The largest absolute Gasteiger partial charge is 0.269 e. The van der Waals surface area contributed by atoms with Crippen LogP contribution in [0.3, 0.4) is 0 Å². The summed E-state index contributed by atoms with van der Waals surface area (Å²) in [6.45, 7) is 8.23. The number of nitro benzene ring substituents is 1. The Balaban J connectivity index is 2.15. The van der Waals surface area contributed by atoms with E-state index in [9.17, 15) is 14.5 Å². The molecule has 0 atom stereocenters. The van der Waals surface area contributed by atoms with Crippen molar-refractivity contribution in [1.29, 1.82) is 0 Å². The molecule has 0 spiro atoms. The number of thiazole rings is 1. The Labute approximate surface area is 177 Å². The fraction of sp³-hybridized carbons (Fsp3) is 0.182. The summed E-state index contributed by atoms with van der Waals surface area (Å²) in [5.41, 5.74) is 4.09. The topological polar surface area (TPSA) is 72.8 Å². The van der Waals surface area contributed by atoms with Gasteiger partial charge in [0.2, 0.25) is 4.80 Å². The third kappa shape index (κ3) is 4.96. The van der Waals surface area contributed by atoms with Gasteiger partial charge in [-0.25, -0.2) is 9.07 Å². The number of aromatic nitrogens is 1. The van der Waals surface area contributed by atoms with Crippen molar-refractivity contribution in [3.8, 4) is 11.3 Å². The second-order valence-electron chi connectivity index (χ2n) is 6.70. The Bertz CT molecular complexity index is 1160. The van der Waals surface area contributed by atoms with Gasteiger partial charge in [-0.2, -0.15) is 5.10 Å². The third-order valence-corrected chi connectivity index (χ3v) is 5.13. The van der Waals surface area contributed by atoms with Crippen molar-refractivity contribution in [2.24, 2.45) is 10.1 Å². The second-order valence-corrected chi connectivity index (χ2v) is 7.54. The van der Waals surface area contributed by atoms with Crippen LogP contribution in [0, 0.1) is 15.9 Å². The molecule has 154 valence electrons. The van der Waals surface area contributed by atoms with Crippen LogP contribution in [0.4, 0.5) is 10.1 Å². The number of hydrogen-bond acceptors (Lipinski definition) is 5. The maximum Gasteiger partial charge on any atom is 0.269 e. The average molecular weight is 425 g/mol. The minimum atomic E-state index is -0.430. The van der Waals surface area contributed by atoms with Gasteiger partial charge in [-0.15, -0.1) is 11.3 Å². The van der Waals surface area contributed by atoms with Crippen molar-refractivity contribution in [2.75, 3.05) is 6.54 Å². The van der Waals surface area contributed by atoms with Crippen molar-refractivity contribution in [1.82, 2.24) is 4.68 Å². The van der Waals surface area contributed by atoms with Crippen molar-refractivity contribution in [3.05, 3.63) is 92.4 Å². The Hall–Kier alpha value is -3.39. The number of benzene rings is 2. The number of non-ortho nitro benzene ring substituents is 1. The van der Waals surface area contributed by atoms with E-state index in [1.807, 2.05) is 19.2 Å². The predicted molar refractivity (Wildman–Crippen MR) is 118 cm³/mol. The molecule has 1 aromatic heterocycles. The van der Waals surface area contributed by atoms with Crippen molar-refractivity contribution in [3.63, 3.8) is 0 Å². The molecule has 3 aromatic rings. The lowest BCUT2D eigenvalue weighted by Crippen LogP contribution is -2.15. The summed E-state index contributed by atoms with van der Waals surface area (Å²) in [6, 6.07) is 12.5. The van der Waals surface area contributed by atoms with Crippen LogP contribution in [-0.2, 0) is 0 Å². The highest BCUT2D eigenvalue weighted by Crippen LogP contribution is 2.23. The lowest BCUT2D eigenvalue weighted by molar-refractivity contribution is -0.384. The molecule has 0 saturated carbocycles.